The van der Waals surface area contributed by atoms with Crippen LogP contribution in [0.2, 0.25) is 0 Å². The van der Waals surface area contributed by atoms with E-state index < -0.39 is 5.97 Å². The summed E-state index contributed by atoms with van der Waals surface area (Å²) in [4.78, 5) is 13.0. The maximum Gasteiger partial charge on any atom is 0.305 e. The normalized spacial score (nSPS) is 12.6. The van der Waals surface area contributed by atoms with Crippen LogP contribution in [0.5, 0.6) is 5.75 Å². The fourth-order valence-corrected chi connectivity index (χ4v) is 2.46. The molecule has 0 aliphatic carbocycles. The van der Waals surface area contributed by atoms with Gasteiger partial charge >= 0.3 is 5.97 Å². The van der Waals surface area contributed by atoms with Crippen LogP contribution in [0.15, 0.2) is 6.07 Å². The van der Waals surface area contributed by atoms with E-state index in [4.69, 9.17) is 9.84 Å². The fraction of sp³-hybridized carbons (Fsp3) is 0.533. The maximum atomic E-state index is 11.1. The van der Waals surface area contributed by atoms with Crippen LogP contribution >= 0.6 is 0 Å². The van der Waals surface area contributed by atoms with Crippen molar-refractivity contribution in [3.63, 3.8) is 0 Å². The number of benzene rings is 1. The number of ether oxygens (including phenoxy) is 1. The highest BCUT2D eigenvalue weighted by molar-refractivity contribution is 5.68. The van der Waals surface area contributed by atoms with E-state index in [1.165, 1.54) is 0 Å². The monoisotopic (exact) mass is 265 g/mol. The topological polar surface area (TPSA) is 49.8 Å². The third-order valence-corrected chi connectivity index (χ3v) is 3.56. The van der Waals surface area contributed by atoms with Gasteiger partial charge in [0.25, 0.3) is 0 Å². The molecule has 1 aromatic rings. The lowest BCUT2D eigenvalue weighted by molar-refractivity contribution is -0.138. The van der Waals surface area contributed by atoms with Crippen molar-refractivity contribution in [3.05, 3.63) is 28.3 Å². The second-order valence-corrected chi connectivity index (χ2v) is 5.16. The van der Waals surface area contributed by atoms with Crippen LogP contribution in [0.4, 0.5) is 0 Å². The Morgan fingerprint density at radius 3 is 2.32 bits per heavy atom. The van der Waals surface area contributed by atoms with Gasteiger partial charge in [0.1, 0.15) is 5.75 Å². The van der Waals surface area contributed by atoms with E-state index in [1.54, 1.807) is 7.11 Å². The molecule has 0 heterocycles. The second kappa shape index (κ2) is 6.06. The molecule has 1 N–H and O–H groups in total. The average Bonchev–Trinajstić information content (AvgIpc) is 2.30. The molecule has 1 unspecified atom stereocenters. The minimum atomic E-state index is -0.807. The van der Waals surface area contributed by atoms with Crippen LogP contribution in [-0.2, 0) is 4.79 Å². The van der Waals surface area contributed by atoms with Gasteiger partial charge in [0, 0.05) is 11.6 Å². The third kappa shape index (κ3) is 3.26. The van der Waals surface area contributed by atoms with Gasteiger partial charge in [-0.05, 0) is 51.6 Å². The number of carboxylic acid groups (broad SMARTS) is 1. The van der Waals surface area contributed by atoms with E-state index in [-0.39, 0.29) is 12.5 Å². The van der Waals surface area contributed by atoms with Crippen LogP contribution in [0, 0.1) is 20.8 Å². The van der Waals surface area contributed by atoms with Crippen molar-refractivity contribution >= 4 is 5.97 Å². The molecule has 4 nitrogen and oxygen atoms in total. The number of aryl methyl sites for hydroxylation is 2. The van der Waals surface area contributed by atoms with Crippen molar-refractivity contribution in [2.24, 2.45) is 0 Å². The van der Waals surface area contributed by atoms with E-state index in [0.717, 1.165) is 28.0 Å². The molecule has 19 heavy (non-hydrogen) atoms. The summed E-state index contributed by atoms with van der Waals surface area (Å²) in [6, 6.07) is 1.90. The lowest BCUT2D eigenvalue weighted by Gasteiger charge is -2.28. The molecule has 0 saturated heterocycles. The smallest absolute Gasteiger partial charge is 0.305 e. The van der Waals surface area contributed by atoms with Crippen LogP contribution < -0.4 is 4.74 Å². The summed E-state index contributed by atoms with van der Waals surface area (Å²) in [5.74, 6) is -0.00386. The summed E-state index contributed by atoms with van der Waals surface area (Å²) >= 11 is 0. The Morgan fingerprint density at radius 2 is 1.89 bits per heavy atom. The average molecular weight is 265 g/mol. The molecule has 1 aromatic carbocycles. The summed E-state index contributed by atoms with van der Waals surface area (Å²) in [6.45, 7) is 6.05. The Balaban J connectivity index is 3.45. The molecule has 0 amide bonds. The molecular formula is C15H23NO3. The zero-order chi connectivity index (χ0) is 14.7. The van der Waals surface area contributed by atoms with E-state index in [0.29, 0.717) is 0 Å². The molecule has 1 rings (SSSR count). The van der Waals surface area contributed by atoms with Gasteiger partial charge in [-0.25, -0.2) is 0 Å². The SMILES string of the molecule is COc1c(C)c(C)cc(C)c1C(CC(=O)O)N(C)C. The standard InChI is InChI=1S/C15H23NO3/c1-9-7-10(2)14(15(19-6)11(9)3)12(16(4)5)8-13(17)18/h7,12H,8H2,1-6H3,(H,17,18). The third-order valence-electron chi connectivity index (χ3n) is 3.56. The molecule has 0 radical (unpaired) electrons. The lowest BCUT2D eigenvalue weighted by Crippen LogP contribution is -2.24. The summed E-state index contributed by atoms with van der Waals surface area (Å²) < 4.78 is 5.53. The molecular weight excluding hydrogens is 242 g/mol. The van der Waals surface area contributed by atoms with E-state index in [2.05, 4.69) is 6.07 Å². The Morgan fingerprint density at radius 1 is 1.32 bits per heavy atom. The van der Waals surface area contributed by atoms with Crippen LogP contribution in [0.3, 0.4) is 0 Å². The largest absolute Gasteiger partial charge is 0.496 e. The Hall–Kier alpha value is -1.55. The Labute approximate surface area is 115 Å². The maximum absolute atomic E-state index is 11.1. The predicted molar refractivity (Wildman–Crippen MR) is 75.9 cm³/mol. The quantitative estimate of drug-likeness (QED) is 0.889. The molecule has 0 aliphatic heterocycles. The number of carbonyl (C=O) groups is 1. The molecule has 0 saturated carbocycles. The van der Waals surface area contributed by atoms with Crippen molar-refractivity contribution in [2.45, 2.75) is 33.2 Å². The molecule has 1 atom stereocenters. The molecule has 0 aliphatic rings. The Kier molecular flexibility index (Phi) is 4.95. The Bertz CT molecular complexity index is 481. The van der Waals surface area contributed by atoms with Crippen LogP contribution in [0.25, 0.3) is 0 Å². The van der Waals surface area contributed by atoms with Gasteiger partial charge in [-0.15, -0.1) is 0 Å². The molecule has 4 heteroatoms. The minimum Gasteiger partial charge on any atom is -0.496 e. The number of nitrogens with zero attached hydrogens (tertiary/aromatic N) is 1. The first kappa shape index (κ1) is 15.5. The van der Waals surface area contributed by atoms with Gasteiger partial charge in [-0.3, -0.25) is 4.79 Å². The van der Waals surface area contributed by atoms with Crippen molar-refractivity contribution in [1.29, 1.82) is 0 Å². The van der Waals surface area contributed by atoms with Gasteiger partial charge in [-0.1, -0.05) is 6.07 Å². The zero-order valence-electron chi connectivity index (χ0n) is 12.6. The van der Waals surface area contributed by atoms with Crippen molar-refractivity contribution in [3.8, 4) is 5.75 Å². The summed E-state index contributed by atoms with van der Waals surface area (Å²) in [5.41, 5.74) is 4.27. The van der Waals surface area contributed by atoms with E-state index in [9.17, 15) is 4.79 Å². The number of carboxylic acids is 1. The number of hydrogen-bond acceptors (Lipinski definition) is 3. The van der Waals surface area contributed by atoms with Gasteiger partial charge in [0.05, 0.1) is 13.5 Å². The molecule has 106 valence electrons. The van der Waals surface area contributed by atoms with Crippen molar-refractivity contribution in [2.75, 3.05) is 21.2 Å². The van der Waals surface area contributed by atoms with E-state index in [1.807, 2.05) is 39.8 Å². The van der Waals surface area contributed by atoms with Crippen molar-refractivity contribution < 1.29 is 14.6 Å². The predicted octanol–water partition coefficient (Wildman–Crippen LogP) is 2.70. The van der Waals surface area contributed by atoms with Gasteiger partial charge in [-0.2, -0.15) is 0 Å². The highest BCUT2D eigenvalue weighted by Crippen LogP contribution is 2.37. The number of hydrogen-bond donors (Lipinski definition) is 1. The lowest BCUT2D eigenvalue weighted by atomic mass is 9.92. The van der Waals surface area contributed by atoms with Crippen LogP contribution in [-0.4, -0.2) is 37.2 Å². The molecule has 0 bridgehead atoms. The first-order chi connectivity index (χ1) is 8.79. The highest BCUT2D eigenvalue weighted by atomic mass is 16.5. The number of rotatable bonds is 5. The fourth-order valence-electron chi connectivity index (χ4n) is 2.46. The number of methoxy groups -OCH3 is 1. The van der Waals surface area contributed by atoms with Gasteiger partial charge in [0.15, 0.2) is 0 Å². The first-order valence-electron chi connectivity index (χ1n) is 6.32. The summed E-state index contributed by atoms with van der Waals surface area (Å²) in [5, 5.41) is 9.10. The molecule has 0 spiro atoms. The first-order valence-corrected chi connectivity index (χ1v) is 6.32. The number of aliphatic carboxylic acids is 1. The van der Waals surface area contributed by atoms with Crippen molar-refractivity contribution in [1.82, 2.24) is 4.90 Å². The van der Waals surface area contributed by atoms with Gasteiger partial charge < -0.3 is 14.7 Å². The highest BCUT2D eigenvalue weighted by Gasteiger charge is 2.25. The van der Waals surface area contributed by atoms with E-state index >= 15 is 0 Å². The minimum absolute atomic E-state index is 0.0622. The second-order valence-electron chi connectivity index (χ2n) is 5.16. The van der Waals surface area contributed by atoms with Crippen LogP contribution in [0.1, 0.15) is 34.7 Å². The summed E-state index contributed by atoms with van der Waals surface area (Å²) in [7, 11) is 5.42. The van der Waals surface area contributed by atoms with Gasteiger partial charge in [0.2, 0.25) is 0 Å². The summed E-state index contributed by atoms with van der Waals surface area (Å²) in [6.07, 6.45) is 0.0622. The molecule has 0 aromatic heterocycles. The molecule has 0 fully saturated rings. The zero-order valence-corrected chi connectivity index (χ0v) is 12.6.